The molecule has 2 aromatic rings. The Balaban J connectivity index is 0.00000363. The third kappa shape index (κ3) is 6.13. The number of nitro groups is 1. The summed E-state index contributed by atoms with van der Waals surface area (Å²) in [5.41, 5.74) is 1.47. The number of nitrogens with one attached hydrogen (secondary N) is 2. The molecule has 2 N–H and O–H groups in total. The third-order valence-electron chi connectivity index (χ3n) is 5.08. The monoisotopic (exact) mass is 549 g/mol. The fourth-order valence-electron chi connectivity index (χ4n) is 3.29. The summed E-state index contributed by atoms with van der Waals surface area (Å²) >= 11 is 0. The van der Waals surface area contributed by atoms with Crippen LogP contribution in [-0.4, -0.2) is 55.8 Å². The number of amides is 1. The molecule has 9 heteroatoms. The minimum Gasteiger partial charge on any atom is -1.00 e. The van der Waals surface area contributed by atoms with Crippen molar-refractivity contribution >= 4 is 23.5 Å². The Hall–Kier alpha value is -2.79. The molecule has 1 aliphatic rings. The fourth-order valence-corrected chi connectivity index (χ4v) is 3.29. The Bertz CT molecular complexity index is 1050. The number of hydrogen-bond acceptors (Lipinski definition) is 5. The van der Waals surface area contributed by atoms with Crippen LogP contribution in [0.2, 0.25) is 0 Å². The maximum absolute atomic E-state index is 13.0. The van der Waals surface area contributed by atoms with E-state index in [1.165, 1.54) is 12.1 Å². The minimum absolute atomic E-state index is 0. The number of quaternary nitrogens is 1. The van der Waals surface area contributed by atoms with Crippen molar-refractivity contribution in [2.24, 2.45) is 4.99 Å². The molecule has 0 bridgehead atoms. The van der Waals surface area contributed by atoms with Gasteiger partial charge in [0.15, 0.2) is 5.66 Å². The highest BCUT2D eigenvalue weighted by Gasteiger charge is 2.32. The second-order valence-corrected chi connectivity index (χ2v) is 8.69. The quantitative estimate of drug-likeness (QED) is 0.214. The van der Waals surface area contributed by atoms with Gasteiger partial charge in [-0.25, -0.2) is 0 Å². The second kappa shape index (κ2) is 10.2. The molecule has 0 aliphatic carbocycles. The Morgan fingerprint density at radius 1 is 1.16 bits per heavy atom. The van der Waals surface area contributed by atoms with E-state index in [1.54, 1.807) is 18.3 Å². The highest BCUT2D eigenvalue weighted by molar-refractivity contribution is 6.18. The molecular formula is C23H28IN5O3. The summed E-state index contributed by atoms with van der Waals surface area (Å²) in [6.07, 6.45) is 1.55. The van der Waals surface area contributed by atoms with Crippen LogP contribution in [0, 0.1) is 10.1 Å². The highest BCUT2D eigenvalue weighted by atomic mass is 127. The minimum atomic E-state index is -0.812. The van der Waals surface area contributed by atoms with E-state index in [9.17, 15) is 14.9 Å². The Morgan fingerprint density at radius 2 is 1.84 bits per heavy atom. The van der Waals surface area contributed by atoms with E-state index in [2.05, 4.69) is 36.8 Å². The number of nitro benzene ring substituents is 1. The standard InChI is InChI=1S/C23H27N5O3.HI/c1-23(18-10-6-5-7-11-18)25-16-20(22(29)24-13-14-28(2,3)4)21(26-23)17-9-8-12-19(15-17)27(30)31;/h5-12,15-16H,13-14H2,1-4H3,(H-,24,25,26,29);1H. The summed E-state index contributed by atoms with van der Waals surface area (Å²) in [5.74, 6) is -0.277. The average molecular weight is 549 g/mol. The van der Waals surface area contributed by atoms with Gasteiger partial charge in [-0.3, -0.25) is 19.9 Å². The van der Waals surface area contributed by atoms with E-state index >= 15 is 0 Å². The van der Waals surface area contributed by atoms with Gasteiger partial charge in [-0.15, -0.1) is 0 Å². The zero-order chi connectivity index (χ0) is 22.6. The van der Waals surface area contributed by atoms with Crippen molar-refractivity contribution in [2.75, 3.05) is 34.2 Å². The molecule has 0 saturated heterocycles. The molecule has 0 fully saturated rings. The molecule has 1 aliphatic heterocycles. The van der Waals surface area contributed by atoms with Crippen LogP contribution >= 0.6 is 0 Å². The molecule has 32 heavy (non-hydrogen) atoms. The first kappa shape index (κ1) is 25.5. The summed E-state index contributed by atoms with van der Waals surface area (Å²) in [7, 11) is 6.15. The van der Waals surface area contributed by atoms with Gasteiger partial charge in [0.05, 0.1) is 50.4 Å². The number of halogens is 1. The van der Waals surface area contributed by atoms with Crippen molar-refractivity contribution < 1.29 is 38.2 Å². The summed E-state index contributed by atoms with van der Waals surface area (Å²) < 4.78 is 0.718. The summed E-state index contributed by atoms with van der Waals surface area (Å²) in [6, 6.07) is 15.9. The van der Waals surface area contributed by atoms with Crippen molar-refractivity contribution in [1.29, 1.82) is 0 Å². The normalized spacial score (nSPS) is 17.9. The number of benzene rings is 2. The van der Waals surface area contributed by atoms with Crippen LogP contribution in [0.25, 0.3) is 5.70 Å². The van der Waals surface area contributed by atoms with Crippen molar-refractivity contribution in [3.8, 4) is 0 Å². The molecule has 0 aromatic heterocycles. The van der Waals surface area contributed by atoms with Gasteiger partial charge in [0.1, 0.15) is 0 Å². The first-order chi connectivity index (χ1) is 14.6. The van der Waals surface area contributed by atoms with E-state index in [0.717, 1.165) is 16.6 Å². The van der Waals surface area contributed by atoms with Crippen LogP contribution in [0.15, 0.2) is 65.2 Å². The smallest absolute Gasteiger partial charge is 0.270 e. The van der Waals surface area contributed by atoms with E-state index in [1.807, 2.05) is 37.3 Å². The van der Waals surface area contributed by atoms with Gasteiger partial charge in [0, 0.05) is 23.9 Å². The predicted molar refractivity (Wildman–Crippen MR) is 121 cm³/mol. The Kier molecular flexibility index (Phi) is 8.13. The average Bonchev–Trinajstić information content (AvgIpc) is 2.73. The summed E-state index contributed by atoms with van der Waals surface area (Å²) in [4.78, 5) is 28.5. The number of hydrogen-bond donors (Lipinski definition) is 2. The van der Waals surface area contributed by atoms with Crippen LogP contribution in [0.4, 0.5) is 5.69 Å². The molecule has 1 heterocycles. The van der Waals surface area contributed by atoms with Gasteiger partial charge in [0.25, 0.3) is 11.6 Å². The van der Waals surface area contributed by atoms with Crippen LogP contribution < -0.4 is 34.6 Å². The fraction of sp³-hybridized carbons (Fsp3) is 0.304. The van der Waals surface area contributed by atoms with Gasteiger partial charge in [-0.05, 0) is 12.5 Å². The van der Waals surface area contributed by atoms with E-state index in [4.69, 9.17) is 0 Å². The van der Waals surface area contributed by atoms with Gasteiger partial charge < -0.3 is 39.1 Å². The SMILES string of the molecule is CC1(c2ccccc2)N=CC(C(=O)NCC[N+](C)(C)C)=C(c2cccc([N+](=O)[O-])c2)N1.[I-]. The lowest BCUT2D eigenvalue weighted by atomic mass is 9.96. The first-order valence-corrected chi connectivity index (χ1v) is 10.1. The lowest BCUT2D eigenvalue weighted by Crippen LogP contribution is -3.00. The maximum atomic E-state index is 13.0. The third-order valence-corrected chi connectivity index (χ3v) is 5.08. The molecule has 8 nitrogen and oxygen atoms in total. The number of aliphatic imine (C=N–C) groups is 1. The predicted octanol–water partition coefficient (Wildman–Crippen LogP) is -0.321. The van der Waals surface area contributed by atoms with Crippen LogP contribution in [0.3, 0.4) is 0 Å². The van der Waals surface area contributed by atoms with E-state index in [-0.39, 0.29) is 35.6 Å². The number of non-ortho nitro benzene ring substituents is 1. The Labute approximate surface area is 205 Å². The van der Waals surface area contributed by atoms with Gasteiger partial charge in [0.2, 0.25) is 0 Å². The van der Waals surface area contributed by atoms with E-state index in [0.29, 0.717) is 23.4 Å². The number of carbonyl (C=O) groups is 1. The zero-order valence-electron chi connectivity index (χ0n) is 18.6. The largest absolute Gasteiger partial charge is 1.00 e. The molecule has 0 saturated carbocycles. The van der Waals surface area contributed by atoms with E-state index < -0.39 is 10.6 Å². The van der Waals surface area contributed by atoms with Gasteiger partial charge in [-0.2, -0.15) is 0 Å². The summed E-state index contributed by atoms with van der Waals surface area (Å²) in [6.45, 7) is 3.16. The van der Waals surface area contributed by atoms with Crippen molar-refractivity contribution in [3.63, 3.8) is 0 Å². The van der Waals surface area contributed by atoms with Crippen molar-refractivity contribution in [1.82, 2.24) is 10.6 Å². The Morgan fingerprint density at radius 3 is 2.47 bits per heavy atom. The molecular weight excluding hydrogens is 521 g/mol. The maximum Gasteiger partial charge on any atom is 0.270 e. The van der Waals surface area contributed by atoms with Crippen LogP contribution in [0.1, 0.15) is 18.1 Å². The zero-order valence-corrected chi connectivity index (χ0v) is 20.8. The molecule has 0 radical (unpaired) electrons. The molecule has 1 unspecified atom stereocenters. The highest BCUT2D eigenvalue weighted by Crippen LogP contribution is 2.32. The molecule has 0 spiro atoms. The van der Waals surface area contributed by atoms with Crippen LogP contribution in [-0.2, 0) is 10.5 Å². The number of nitrogens with zero attached hydrogens (tertiary/aromatic N) is 3. The lowest BCUT2D eigenvalue weighted by molar-refractivity contribution is -0.869. The summed E-state index contributed by atoms with van der Waals surface area (Å²) in [5, 5.41) is 17.6. The van der Waals surface area contributed by atoms with Crippen LogP contribution in [0.5, 0.6) is 0 Å². The van der Waals surface area contributed by atoms with Crippen molar-refractivity contribution in [2.45, 2.75) is 12.6 Å². The number of carbonyl (C=O) groups excluding carboxylic acids is 1. The number of likely N-dealkylation sites (N-methyl/N-ethyl adjacent to an activating group) is 1. The molecule has 2 aromatic carbocycles. The second-order valence-electron chi connectivity index (χ2n) is 8.69. The topological polar surface area (TPSA) is 96.6 Å². The molecule has 1 atom stereocenters. The van der Waals surface area contributed by atoms with Gasteiger partial charge in [-0.1, -0.05) is 42.5 Å². The lowest BCUT2D eigenvalue weighted by Gasteiger charge is -2.34. The molecule has 3 rings (SSSR count). The molecule has 1 amide bonds. The van der Waals surface area contributed by atoms with Gasteiger partial charge >= 0.3 is 0 Å². The number of rotatable bonds is 7. The molecule has 170 valence electrons. The van der Waals surface area contributed by atoms with Crippen molar-refractivity contribution in [3.05, 3.63) is 81.4 Å². The first-order valence-electron chi connectivity index (χ1n) is 10.1.